The van der Waals surface area contributed by atoms with Crippen LogP contribution in [0.1, 0.15) is 32.3 Å². The second-order valence-corrected chi connectivity index (χ2v) is 4.27. The van der Waals surface area contributed by atoms with Crippen LogP contribution < -0.4 is 0 Å². The number of hydrogen-bond donors (Lipinski definition) is 1. The highest BCUT2D eigenvalue weighted by molar-refractivity contribution is 5.19. The lowest BCUT2D eigenvalue weighted by molar-refractivity contribution is 0.110. The van der Waals surface area contributed by atoms with E-state index in [1.807, 2.05) is 13.8 Å². The van der Waals surface area contributed by atoms with E-state index in [-0.39, 0.29) is 17.9 Å². The van der Waals surface area contributed by atoms with Gasteiger partial charge < -0.3 is 5.11 Å². The van der Waals surface area contributed by atoms with Crippen molar-refractivity contribution in [3.8, 4) is 0 Å². The molecule has 0 radical (unpaired) electrons. The molecule has 0 aliphatic rings. The quantitative estimate of drug-likeness (QED) is 0.819. The van der Waals surface area contributed by atoms with E-state index in [1.165, 1.54) is 0 Å². The Hall–Kier alpha value is -0.960. The predicted molar refractivity (Wildman–Crippen MR) is 60.1 cm³/mol. The molecule has 0 saturated carbocycles. The predicted octanol–water partition coefficient (Wildman–Crippen LogP) is 3.30. The average Bonchev–Trinajstić information content (AvgIpc) is 2.23. The van der Waals surface area contributed by atoms with Crippen LogP contribution in [0.2, 0.25) is 0 Å². The molecule has 1 aromatic carbocycles. The van der Waals surface area contributed by atoms with Gasteiger partial charge in [-0.1, -0.05) is 20.3 Å². The van der Waals surface area contributed by atoms with Gasteiger partial charge in [0.15, 0.2) is 0 Å². The molecule has 3 heteroatoms. The SMILES string of the molecule is CCCC(C)C(O)Cc1cc(F)ccc1F. The number of hydrogen-bond acceptors (Lipinski definition) is 1. The van der Waals surface area contributed by atoms with E-state index >= 15 is 0 Å². The second-order valence-electron chi connectivity index (χ2n) is 4.27. The average molecular weight is 228 g/mol. The van der Waals surface area contributed by atoms with Crippen molar-refractivity contribution in [2.45, 2.75) is 39.2 Å². The summed E-state index contributed by atoms with van der Waals surface area (Å²) in [5, 5.41) is 9.83. The molecule has 0 fully saturated rings. The molecule has 0 aromatic heterocycles. The zero-order valence-electron chi connectivity index (χ0n) is 9.71. The molecule has 90 valence electrons. The molecule has 0 aliphatic carbocycles. The maximum absolute atomic E-state index is 13.3. The fourth-order valence-electron chi connectivity index (χ4n) is 1.77. The molecule has 1 rings (SSSR count). The van der Waals surface area contributed by atoms with Gasteiger partial charge in [0.2, 0.25) is 0 Å². The van der Waals surface area contributed by atoms with Crippen LogP contribution >= 0.6 is 0 Å². The molecule has 16 heavy (non-hydrogen) atoms. The van der Waals surface area contributed by atoms with E-state index in [9.17, 15) is 13.9 Å². The fraction of sp³-hybridized carbons (Fsp3) is 0.538. The molecule has 0 saturated heterocycles. The van der Waals surface area contributed by atoms with E-state index in [0.717, 1.165) is 31.0 Å². The standard InChI is InChI=1S/C13H18F2O/c1-3-4-9(2)13(16)8-10-7-11(14)5-6-12(10)15/h5-7,9,13,16H,3-4,8H2,1-2H3. The molecule has 1 N–H and O–H groups in total. The number of halogens is 2. The first-order chi connectivity index (χ1) is 7.54. The normalized spacial score (nSPS) is 14.8. The van der Waals surface area contributed by atoms with Crippen LogP contribution in [0.25, 0.3) is 0 Å². The smallest absolute Gasteiger partial charge is 0.126 e. The molecule has 0 amide bonds. The van der Waals surface area contributed by atoms with Crippen molar-refractivity contribution in [2.75, 3.05) is 0 Å². The van der Waals surface area contributed by atoms with Crippen LogP contribution in [0.4, 0.5) is 8.78 Å². The summed E-state index contributed by atoms with van der Waals surface area (Å²) in [6, 6.07) is 3.33. The van der Waals surface area contributed by atoms with Crippen molar-refractivity contribution >= 4 is 0 Å². The van der Waals surface area contributed by atoms with Crippen LogP contribution in [0.3, 0.4) is 0 Å². The van der Waals surface area contributed by atoms with Crippen molar-refractivity contribution < 1.29 is 13.9 Å². The highest BCUT2D eigenvalue weighted by Gasteiger charge is 2.16. The summed E-state index contributed by atoms with van der Waals surface area (Å²) >= 11 is 0. The Labute approximate surface area is 95.1 Å². The van der Waals surface area contributed by atoms with Gasteiger partial charge in [0.05, 0.1) is 6.10 Å². The lowest BCUT2D eigenvalue weighted by Crippen LogP contribution is -2.20. The van der Waals surface area contributed by atoms with Crippen molar-refractivity contribution in [3.63, 3.8) is 0 Å². The van der Waals surface area contributed by atoms with Gasteiger partial charge in [-0.25, -0.2) is 8.78 Å². The summed E-state index contributed by atoms with van der Waals surface area (Å²) in [7, 11) is 0. The minimum atomic E-state index is -0.615. The molecule has 1 aromatic rings. The van der Waals surface area contributed by atoms with Gasteiger partial charge in [-0.2, -0.15) is 0 Å². The van der Waals surface area contributed by atoms with Gasteiger partial charge in [0.25, 0.3) is 0 Å². The van der Waals surface area contributed by atoms with Crippen molar-refractivity contribution in [2.24, 2.45) is 5.92 Å². The van der Waals surface area contributed by atoms with Gasteiger partial charge in [-0.3, -0.25) is 0 Å². The number of aliphatic hydroxyl groups excluding tert-OH is 1. The molecule has 2 atom stereocenters. The van der Waals surface area contributed by atoms with E-state index in [4.69, 9.17) is 0 Å². The second kappa shape index (κ2) is 5.94. The summed E-state index contributed by atoms with van der Waals surface area (Å²) < 4.78 is 26.2. The largest absolute Gasteiger partial charge is 0.393 e. The van der Waals surface area contributed by atoms with Crippen LogP contribution in [0.15, 0.2) is 18.2 Å². The van der Waals surface area contributed by atoms with Crippen LogP contribution in [-0.4, -0.2) is 11.2 Å². The summed E-state index contributed by atoms with van der Waals surface area (Å²) in [6.07, 6.45) is 1.42. The maximum atomic E-state index is 13.3. The molecule has 0 heterocycles. The Morgan fingerprint density at radius 1 is 1.31 bits per heavy atom. The first-order valence-electron chi connectivity index (χ1n) is 5.66. The van der Waals surface area contributed by atoms with Gasteiger partial charge in [-0.15, -0.1) is 0 Å². The molecular weight excluding hydrogens is 210 g/mol. The lowest BCUT2D eigenvalue weighted by Gasteiger charge is -2.18. The highest BCUT2D eigenvalue weighted by Crippen LogP contribution is 2.18. The Morgan fingerprint density at radius 2 is 2.00 bits per heavy atom. The molecule has 0 aliphatic heterocycles. The van der Waals surface area contributed by atoms with Crippen molar-refractivity contribution in [1.29, 1.82) is 0 Å². The monoisotopic (exact) mass is 228 g/mol. The number of benzene rings is 1. The third kappa shape index (κ3) is 3.56. The van der Waals surface area contributed by atoms with E-state index in [1.54, 1.807) is 0 Å². The zero-order chi connectivity index (χ0) is 12.1. The third-order valence-electron chi connectivity index (χ3n) is 2.84. The molecule has 0 bridgehead atoms. The van der Waals surface area contributed by atoms with E-state index < -0.39 is 17.7 Å². The Balaban J connectivity index is 2.68. The summed E-state index contributed by atoms with van der Waals surface area (Å²) in [5.41, 5.74) is 0.246. The molecule has 0 spiro atoms. The van der Waals surface area contributed by atoms with Gasteiger partial charge >= 0.3 is 0 Å². The molecular formula is C13H18F2O. The Bertz CT molecular complexity index is 339. The minimum absolute atomic E-state index is 0.104. The third-order valence-corrected chi connectivity index (χ3v) is 2.84. The topological polar surface area (TPSA) is 20.2 Å². The lowest BCUT2D eigenvalue weighted by atomic mass is 9.94. The van der Waals surface area contributed by atoms with Gasteiger partial charge in [-0.05, 0) is 36.1 Å². The zero-order valence-corrected chi connectivity index (χ0v) is 9.71. The minimum Gasteiger partial charge on any atom is -0.393 e. The highest BCUT2D eigenvalue weighted by atomic mass is 19.1. The fourth-order valence-corrected chi connectivity index (χ4v) is 1.77. The number of rotatable bonds is 5. The van der Waals surface area contributed by atoms with E-state index in [2.05, 4.69) is 0 Å². The first-order valence-corrected chi connectivity index (χ1v) is 5.66. The van der Waals surface area contributed by atoms with Crippen molar-refractivity contribution in [1.82, 2.24) is 0 Å². The number of aliphatic hydroxyl groups is 1. The van der Waals surface area contributed by atoms with E-state index in [0.29, 0.717) is 0 Å². The van der Waals surface area contributed by atoms with Gasteiger partial charge in [0, 0.05) is 6.42 Å². The summed E-state index contributed by atoms with van der Waals surface area (Å²) in [5.74, 6) is -0.816. The molecule has 2 unspecified atom stereocenters. The Morgan fingerprint density at radius 3 is 2.62 bits per heavy atom. The van der Waals surface area contributed by atoms with Crippen LogP contribution in [-0.2, 0) is 6.42 Å². The Kier molecular flexibility index (Phi) is 4.87. The maximum Gasteiger partial charge on any atom is 0.126 e. The summed E-state index contributed by atoms with van der Waals surface area (Å²) in [6.45, 7) is 3.96. The van der Waals surface area contributed by atoms with Crippen molar-refractivity contribution in [3.05, 3.63) is 35.4 Å². The van der Waals surface area contributed by atoms with Crippen LogP contribution in [0, 0.1) is 17.6 Å². The van der Waals surface area contributed by atoms with Crippen LogP contribution in [0.5, 0.6) is 0 Å². The van der Waals surface area contributed by atoms with Gasteiger partial charge in [0.1, 0.15) is 11.6 Å². The summed E-state index contributed by atoms with van der Waals surface area (Å²) in [4.78, 5) is 0. The molecule has 1 nitrogen and oxygen atoms in total. The first kappa shape index (κ1) is 13.1.